The van der Waals surface area contributed by atoms with Crippen molar-refractivity contribution in [1.29, 1.82) is 0 Å². The van der Waals surface area contributed by atoms with Crippen LogP contribution in [0.3, 0.4) is 0 Å². The van der Waals surface area contributed by atoms with Gasteiger partial charge in [-0.3, -0.25) is 4.98 Å². The maximum atomic E-state index is 4.27. The van der Waals surface area contributed by atoms with Crippen LogP contribution in [0.15, 0.2) is 12.4 Å². The highest BCUT2D eigenvalue weighted by Crippen LogP contribution is 2.29. The van der Waals surface area contributed by atoms with Gasteiger partial charge in [-0.25, -0.2) is 0 Å². The van der Waals surface area contributed by atoms with Crippen molar-refractivity contribution in [3.05, 3.63) is 12.4 Å². The van der Waals surface area contributed by atoms with Crippen molar-refractivity contribution < 1.29 is 0 Å². The fraction of sp³-hybridized carbons (Fsp3) is 0.667. The Labute approximate surface area is 111 Å². The molecule has 0 bridgehead atoms. The van der Waals surface area contributed by atoms with Crippen molar-refractivity contribution in [2.75, 3.05) is 18.0 Å². The zero-order chi connectivity index (χ0) is 12.7. The van der Waals surface area contributed by atoms with Gasteiger partial charge in [-0.05, 0) is 42.7 Å². The maximum absolute atomic E-state index is 4.27. The van der Waals surface area contributed by atoms with Crippen molar-refractivity contribution in [3.8, 4) is 0 Å². The average molecular weight is 259 g/mol. The van der Waals surface area contributed by atoms with Crippen LogP contribution in [0.2, 0.25) is 0 Å². The molecular weight excluding hydrogens is 242 g/mol. The molecule has 2 aliphatic rings. The van der Waals surface area contributed by atoms with Gasteiger partial charge in [0.2, 0.25) is 0 Å². The summed E-state index contributed by atoms with van der Waals surface area (Å²) in [7, 11) is 0. The number of rotatable bonds is 2. The molecule has 7 nitrogen and oxygen atoms in total. The van der Waals surface area contributed by atoms with Gasteiger partial charge in [0.25, 0.3) is 0 Å². The second-order valence-electron chi connectivity index (χ2n) is 5.32. The highest BCUT2D eigenvalue weighted by molar-refractivity contribution is 5.48. The van der Waals surface area contributed by atoms with Crippen LogP contribution in [0.25, 0.3) is 5.65 Å². The minimum Gasteiger partial charge on any atom is -0.351 e. The first kappa shape index (κ1) is 11.1. The zero-order valence-corrected chi connectivity index (χ0v) is 10.7. The first-order valence-corrected chi connectivity index (χ1v) is 6.95. The summed E-state index contributed by atoms with van der Waals surface area (Å²) in [6.07, 6.45) is 8.57. The van der Waals surface area contributed by atoms with Gasteiger partial charge in [0.05, 0.1) is 12.4 Å². The molecule has 0 aliphatic carbocycles. The van der Waals surface area contributed by atoms with Gasteiger partial charge in [-0.15, -0.1) is 5.10 Å². The molecule has 4 heterocycles. The third-order valence-electron chi connectivity index (χ3n) is 4.25. The standard InChI is InChI=1S/C12H17N7/c1-3-9(14-5-1)10-4-2-6-18(10)12-8-13-7-11-15-16-17-19(11)12/h7-10,14H,1-6H2. The largest absolute Gasteiger partial charge is 0.351 e. The number of fused-ring (bicyclic) bond motifs is 1. The summed E-state index contributed by atoms with van der Waals surface area (Å²) in [5, 5.41) is 15.4. The number of hydrogen-bond acceptors (Lipinski definition) is 6. The van der Waals surface area contributed by atoms with E-state index in [1.807, 2.05) is 6.20 Å². The number of hydrogen-bond donors (Lipinski definition) is 1. The van der Waals surface area contributed by atoms with Gasteiger partial charge < -0.3 is 10.2 Å². The predicted octanol–water partition coefficient (Wildman–Crippen LogP) is 0.240. The average Bonchev–Trinajstić information content (AvgIpc) is 3.18. The molecule has 0 radical (unpaired) electrons. The number of tetrazole rings is 1. The topological polar surface area (TPSA) is 71.2 Å². The third kappa shape index (κ3) is 1.76. The highest BCUT2D eigenvalue weighted by atomic mass is 15.5. The Balaban J connectivity index is 1.72. The molecular formula is C12H17N7. The third-order valence-corrected chi connectivity index (χ3v) is 4.25. The first-order valence-electron chi connectivity index (χ1n) is 6.95. The van der Waals surface area contributed by atoms with Gasteiger partial charge in [-0.2, -0.15) is 4.52 Å². The molecule has 0 aromatic carbocycles. The smallest absolute Gasteiger partial charge is 0.199 e. The van der Waals surface area contributed by atoms with E-state index in [2.05, 4.69) is 30.7 Å². The summed E-state index contributed by atoms with van der Waals surface area (Å²) in [4.78, 5) is 6.68. The van der Waals surface area contributed by atoms with Crippen LogP contribution >= 0.6 is 0 Å². The van der Waals surface area contributed by atoms with Gasteiger partial charge in [0.15, 0.2) is 11.5 Å². The summed E-state index contributed by atoms with van der Waals surface area (Å²) >= 11 is 0. The van der Waals surface area contributed by atoms with Crippen LogP contribution in [-0.2, 0) is 0 Å². The minimum atomic E-state index is 0.541. The summed E-state index contributed by atoms with van der Waals surface area (Å²) < 4.78 is 1.79. The van der Waals surface area contributed by atoms with Crippen LogP contribution in [0.4, 0.5) is 5.82 Å². The maximum Gasteiger partial charge on any atom is 0.199 e. The van der Waals surface area contributed by atoms with E-state index in [-0.39, 0.29) is 0 Å². The van der Waals surface area contributed by atoms with Crippen molar-refractivity contribution in [1.82, 2.24) is 30.3 Å². The summed E-state index contributed by atoms with van der Waals surface area (Å²) in [6, 6.07) is 1.13. The van der Waals surface area contributed by atoms with Crippen LogP contribution in [0, 0.1) is 0 Å². The van der Waals surface area contributed by atoms with Crippen LogP contribution in [0.5, 0.6) is 0 Å². The molecule has 2 aromatic rings. The second kappa shape index (κ2) is 4.41. The van der Waals surface area contributed by atoms with E-state index in [0.717, 1.165) is 18.9 Å². The number of nitrogens with one attached hydrogen (secondary N) is 1. The zero-order valence-electron chi connectivity index (χ0n) is 10.7. The molecule has 19 heavy (non-hydrogen) atoms. The lowest BCUT2D eigenvalue weighted by molar-refractivity contribution is 0.478. The normalized spacial score (nSPS) is 27.5. The molecule has 2 aromatic heterocycles. The molecule has 2 unspecified atom stereocenters. The minimum absolute atomic E-state index is 0.541. The lowest BCUT2D eigenvalue weighted by Gasteiger charge is -2.30. The Morgan fingerprint density at radius 1 is 1.21 bits per heavy atom. The van der Waals surface area contributed by atoms with E-state index < -0.39 is 0 Å². The van der Waals surface area contributed by atoms with E-state index >= 15 is 0 Å². The highest BCUT2D eigenvalue weighted by Gasteiger charge is 2.34. The molecule has 2 fully saturated rings. The van der Waals surface area contributed by atoms with Crippen LogP contribution in [-0.4, -0.2) is 50.2 Å². The number of aromatic nitrogens is 5. The lowest BCUT2D eigenvalue weighted by Crippen LogP contribution is -2.44. The first-order chi connectivity index (χ1) is 9.43. The van der Waals surface area contributed by atoms with E-state index in [1.54, 1.807) is 10.7 Å². The molecule has 1 N–H and O–H groups in total. The van der Waals surface area contributed by atoms with Crippen molar-refractivity contribution in [2.45, 2.75) is 37.8 Å². The Morgan fingerprint density at radius 3 is 3.11 bits per heavy atom. The summed E-state index contributed by atoms with van der Waals surface area (Å²) in [5.74, 6) is 1.01. The quantitative estimate of drug-likeness (QED) is 0.833. The fourth-order valence-electron chi connectivity index (χ4n) is 3.39. The van der Waals surface area contributed by atoms with Crippen molar-refractivity contribution >= 4 is 11.5 Å². The molecule has 2 saturated heterocycles. The molecule has 0 amide bonds. The molecule has 100 valence electrons. The van der Waals surface area contributed by atoms with E-state index in [9.17, 15) is 0 Å². The molecule has 4 rings (SSSR count). The van der Waals surface area contributed by atoms with Gasteiger partial charge in [-0.1, -0.05) is 0 Å². The van der Waals surface area contributed by atoms with Gasteiger partial charge in [0.1, 0.15) is 0 Å². The Kier molecular flexibility index (Phi) is 2.58. The Bertz CT molecular complexity index is 574. The second-order valence-corrected chi connectivity index (χ2v) is 5.32. The van der Waals surface area contributed by atoms with E-state index in [4.69, 9.17) is 0 Å². The van der Waals surface area contributed by atoms with Gasteiger partial charge >= 0.3 is 0 Å². The van der Waals surface area contributed by atoms with Crippen molar-refractivity contribution in [2.24, 2.45) is 0 Å². The van der Waals surface area contributed by atoms with E-state index in [0.29, 0.717) is 17.7 Å². The molecule has 0 spiro atoms. The molecule has 7 heteroatoms. The van der Waals surface area contributed by atoms with Crippen LogP contribution < -0.4 is 10.2 Å². The van der Waals surface area contributed by atoms with Gasteiger partial charge in [0, 0.05) is 18.6 Å². The Morgan fingerprint density at radius 2 is 2.21 bits per heavy atom. The molecule has 0 saturated carbocycles. The Hall–Kier alpha value is -1.76. The van der Waals surface area contributed by atoms with E-state index in [1.165, 1.54) is 25.7 Å². The monoisotopic (exact) mass is 259 g/mol. The summed E-state index contributed by atoms with van der Waals surface area (Å²) in [5.41, 5.74) is 0.711. The SMILES string of the molecule is c1ncc2nnnn2c1N1CCCC1C1CCCN1. The van der Waals surface area contributed by atoms with Crippen LogP contribution in [0.1, 0.15) is 25.7 Å². The number of nitrogens with zero attached hydrogens (tertiary/aromatic N) is 6. The lowest BCUT2D eigenvalue weighted by atomic mass is 10.0. The fourth-order valence-corrected chi connectivity index (χ4v) is 3.39. The number of anilines is 1. The summed E-state index contributed by atoms with van der Waals surface area (Å²) in [6.45, 7) is 2.20. The van der Waals surface area contributed by atoms with Crippen molar-refractivity contribution in [3.63, 3.8) is 0 Å². The predicted molar refractivity (Wildman–Crippen MR) is 70.0 cm³/mol. The molecule has 2 aliphatic heterocycles. The molecule has 2 atom stereocenters.